The Morgan fingerprint density at radius 2 is 2.18 bits per heavy atom. The van der Waals surface area contributed by atoms with Gasteiger partial charge in [0.05, 0.1) is 12.3 Å². The van der Waals surface area contributed by atoms with E-state index in [9.17, 15) is 4.79 Å². The van der Waals surface area contributed by atoms with Crippen LogP contribution in [0.4, 0.5) is 10.5 Å². The van der Waals surface area contributed by atoms with Crippen LogP contribution in [0.1, 0.15) is 24.8 Å². The Morgan fingerprint density at radius 3 is 3.00 bits per heavy atom. The van der Waals surface area contributed by atoms with Gasteiger partial charge >= 0.3 is 6.03 Å². The van der Waals surface area contributed by atoms with Crippen LogP contribution in [-0.2, 0) is 11.3 Å². The summed E-state index contributed by atoms with van der Waals surface area (Å²) < 4.78 is 13.1. The van der Waals surface area contributed by atoms with Crippen LogP contribution in [0.3, 0.4) is 0 Å². The molecular weight excluding hydrogens is 358 g/mol. The summed E-state index contributed by atoms with van der Waals surface area (Å²) in [7, 11) is 0. The number of fused-ring (bicyclic) bond motifs is 1. The van der Waals surface area contributed by atoms with Crippen molar-refractivity contribution in [2.24, 2.45) is 0 Å². The second-order valence-electron chi connectivity index (χ2n) is 6.69. The van der Waals surface area contributed by atoms with Gasteiger partial charge in [-0.2, -0.15) is 5.10 Å². The Balaban J connectivity index is 1.25. The van der Waals surface area contributed by atoms with Gasteiger partial charge < -0.3 is 20.1 Å². The quantitative estimate of drug-likeness (QED) is 0.685. The smallest absolute Gasteiger partial charge is 0.319 e. The van der Waals surface area contributed by atoms with Gasteiger partial charge in [-0.25, -0.2) is 14.3 Å². The Kier molecular flexibility index (Phi) is 5.67. The molecule has 1 aliphatic rings. The maximum atomic E-state index is 12.1. The monoisotopic (exact) mass is 381 g/mol. The first-order chi connectivity index (χ1) is 13.8. The number of hydrogen-bond acceptors (Lipinski definition) is 5. The van der Waals surface area contributed by atoms with E-state index in [1.54, 1.807) is 23.0 Å². The number of carbonyl (C=O) groups is 1. The molecule has 1 fully saturated rings. The van der Waals surface area contributed by atoms with Gasteiger partial charge in [-0.3, -0.25) is 0 Å². The first-order valence-electron chi connectivity index (χ1n) is 9.44. The number of nitrogens with one attached hydrogen (secondary N) is 2. The molecule has 3 heterocycles. The van der Waals surface area contributed by atoms with Gasteiger partial charge in [0.15, 0.2) is 5.65 Å². The van der Waals surface area contributed by atoms with Crippen LogP contribution in [0.15, 0.2) is 48.9 Å². The minimum Gasteiger partial charge on any atom is -0.491 e. The molecule has 1 atom stereocenters. The first-order valence-corrected chi connectivity index (χ1v) is 9.44. The molecule has 0 aliphatic carbocycles. The van der Waals surface area contributed by atoms with Crippen LogP contribution in [-0.4, -0.2) is 39.9 Å². The number of benzene rings is 1. The molecule has 1 unspecified atom stereocenters. The molecule has 0 radical (unpaired) electrons. The van der Waals surface area contributed by atoms with E-state index in [4.69, 9.17) is 9.47 Å². The number of carbonyl (C=O) groups excluding carboxylic acids is 1. The van der Waals surface area contributed by atoms with Gasteiger partial charge in [0.2, 0.25) is 0 Å². The number of nitrogens with zero attached hydrogens (tertiary/aromatic N) is 3. The Bertz CT molecular complexity index is 919. The van der Waals surface area contributed by atoms with Gasteiger partial charge in [-0.1, -0.05) is 0 Å². The van der Waals surface area contributed by atoms with Crippen LogP contribution in [0.2, 0.25) is 0 Å². The number of ether oxygens (including phenoxy) is 2. The zero-order valence-corrected chi connectivity index (χ0v) is 15.5. The van der Waals surface area contributed by atoms with Crippen molar-refractivity contribution in [1.82, 2.24) is 19.9 Å². The molecule has 8 nitrogen and oxygen atoms in total. The summed E-state index contributed by atoms with van der Waals surface area (Å²) in [5, 5.41) is 9.83. The molecule has 1 aliphatic heterocycles. The van der Waals surface area contributed by atoms with Crippen LogP contribution in [0, 0.1) is 0 Å². The lowest BCUT2D eigenvalue weighted by atomic mass is 10.1. The van der Waals surface area contributed by atoms with Crippen LogP contribution >= 0.6 is 0 Å². The minimum absolute atomic E-state index is 0.173. The van der Waals surface area contributed by atoms with Crippen molar-refractivity contribution in [2.45, 2.75) is 31.9 Å². The van der Waals surface area contributed by atoms with E-state index in [0.29, 0.717) is 18.8 Å². The van der Waals surface area contributed by atoms with Crippen molar-refractivity contribution in [1.29, 1.82) is 0 Å². The highest BCUT2D eigenvalue weighted by atomic mass is 16.5. The summed E-state index contributed by atoms with van der Waals surface area (Å²) in [6, 6.07) is 8.82. The van der Waals surface area contributed by atoms with Crippen molar-refractivity contribution >= 4 is 17.4 Å². The average molecular weight is 381 g/mol. The molecule has 8 heteroatoms. The van der Waals surface area contributed by atoms with E-state index >= 15 is 0 Å². The Hall–Kier alpha value is -3.13. The number of amides is 2. The lowest BCUT2D eigenvalue weighted by molar-refractivity contribution is -0.0110. The van der Waals surface area contributed by atoms with E-state index in [1.165, 1.54) is 6.42 Å². The number of aromatic nitrogens is 3. The summed E-state index contributed by atoms with van der Waals surface area (Å²) in [6.45, 7) is 1.72. The molecule has 0 saturated carbocycles. The molecule has 2 aromatic heterocycles. The number of anilines is 1. The van der Waals surface area contributed by atoms with Crippen molar-refractivity contribution in [3.05, 3.63) is 54.5 Å². The second-order valence-corrected chi connectivity index (χ2v) is 6.69. The summed E-state index contributed by atoms with van der Waals surface area (Å²) in [6.07, 6.45) is 8.75. The third-order valence-corrected chi connectivity index (χ3v) is 4.61. The first kappa shape index (κ1) is 18.2. The fourth-order valence-corrected chi connectivity index (χ4v) is 3.11. The fourth-order valence-electron chi connectivity index (χ4n) is 3.11. The largest absolute Gasteiger partial charge is 0.491 e. The highest BCUT2D eigenvalue weighted by Gasteiger charge is 2.14. The zero-order chi connectivity index (χ0) is 19.2. The molecule has 1 aromatic carbocycles. The van der Waals surface area contributed by atoms with E-state index in [0.717, 1.165) is 36.4 Å². The molecule has 0 bridgehead atoms. The van der Waals surface area contributed by atoms with E-state index in [1.807, 2.05) is 30.5 Å². The SMILES string of the molecule is O=C(NCc1cnn2cccnc12)Nc1ccc(OCC2CCCCO2)cc1. The van der Waals surface area contributed by atoms with Gasteiger partial charge in [0, 0.05) is 36.8 Å². The van der Waals surface area contributed by atoms with Crippen LogP contribution in [0.5, 0.6) is 5.75 Å². The van der Waals surface area contributed by atoms with E-state index in [2.05, 4.69) is 20.7 Å². The van der Waals surface area contributed by atoms with Gasteiger partial charge in [-0.15, -0.1) is 0 Å². The topological polar surface area (TPSA) is 89.8 Å². The standard InChI is InChI=1S/C20H23N5O3/c26-20(22-12-15-13-23-25-10-3-9-21-19(15)25)24-16-5-7-17(8-6-16)28-14-18-4-1-2-11-27-18/h3,5-10,13,18H,1-2,4,11-12,14H2,(H2,22,24,26). The van der Waals surface area contributed by atoms with Crippen molar-refractivity contribution in [3.63, 3.8) is 0 Å². The highest BCUT2D eigenvalue weighted by Crippen LogP contribution is 2.18. The number of rotatable bonds is 6. The lowest BCUT2D eigenvalue weighted by Gasteiger charge is -2.22. The normalized spacial score (nSPS) is 16.6. The second kappa shape index (κ2) is 8.71. The summed E-state index contributed by atoms with van der Waals surface area (Å²) in [5.41, 5.74) is 2.27. The van der Waals surface area contributed by atoms with Gasteiger partial charge in [0.1, 0.15) is 12.4 Å². The third-order valence-electron chi connectivity index (χ3n) is 4.61. The lowest BCUT2D eigenvalue weighted by Crippen LogP contribution is -2.28. The van der Waals surface area contributed by atoms with Crippen LogP contribution < -0.4 is 15.4 Å². The average Bonchev–Trinajstić information content (AvgIpc) is 3.16. The molecule has 2 amide bonds. The third kappa shape index (κ3) is 4.58. The molecule has 28 heavy (non-hydrogen) atoms. The molecule has 4 rings (SSSR count). The minimum atomic E-state index is -0.292. The molecule has 1 saturated heterocycles. The summed E-state index contributed by atoms with van der Waals surface area (Å²) in [5.74, 6) is 0.762. The highest BCUT2D eigenvalue weighted by molar-refractivity contribution is 5.89. The summed E-state index contributed by atoms with van der Waals surface area (Å²) in [4.78, 5) is 16.4. The number of urea groups is 1. The maximum Gasteiger partial charge on any atom is 0.319 e. The van der Waals surface area contributed by atoms with Gasteiger partial charge in [0.25, 0.3) is 0 Å². The van der Waals surface area contributed by atoms with E-state index in [-0.39, 0.29) is 12.1 Å². The van der Waals surface area contributed by atoms with Crippen LogP contribution in [0.25, 0.3) is 5.65 Å². The van der Waals surface area contributed by atoms with Crippen molar-refractivity contribution in [2.75, 3.05) is 18.5 Å². The summed E-state index contributed by atoms with van der Waals surface area (Å²) >= 11 is 0. The Labute approximate surface area is 162 Å². The maximum absolute atomic E-state index is 12.1. The van der Waals surface area contributed by atoms with E-state index < -0.39 is 0 Å². The van der Waals surface area contributed by atoms with Gasteiger partial charge in [-0.05, 0) is 49.6 Å². The molecule has 2 N–H and O–H groups in total. The molecule has 3 aromatic rings. The number of hydrogen-bond donors (Lipinski definition) is 2. The Morgan fingerprint density at radius 1 is 1.29 bits per heavy atom. The fraction of sp³-hybridized carbons (Fsp3) is 0.350. The molecular formula is C20H23N5O3. The van der Waals surface area contributed by atoms with Crippen molar-refractivity contribution in [3.8, 4) is 5.75 Å². The molecule has 146 valence electrons. The zero-order valence-electron chi connectivity index (χ0n) is 15.5. The van der Waals surface area contributed by atoms with Crippen molar-refractivity contribution < 1.29 is 14.3 Å². The predicted molar refractivity (Wildman–Crippen MR) is 104 cm³/mol. The molecule has 0 spiro atoms. The predicted octanol–water partition coefficient (Wildman–Crippen LogP) is 3.00.